The molecule has 2 aromatic rings. The molecule has 7 atom stereocenters. The normalized spacial score (nSPS) is 17.5. The van der Waals surface area contributed by atoms with Crippen molar-refractivity contribution in [2.45, 2.75) is 115 Å². The van der Waals surface area contributed by atoms with Crippen molar-refractivity contribution < 1.29 is 42.6 Å². The fourth-order valence-corrected chi connectivity index (χ4v) is 7.94. The van der Waals surface area contributed by atoms with Crippen molar-refractivity contribution in [1.29, 1.82) is 0 Å². The molecule has 13 nitrogen and oxygen atoms in total. The first kappa shape index (κ1) is 50.6. The largest absolute Gasteiger partial charge is 0.543 e. The number of methoxy groups -OCH3 is 3. The molecule has 1 aliphatic heterocycles. The van der Waals surface area contributed by atoms with Gasteiger partial charge in [-0.1, -0.05) is 89.8 Å². The summed E-state index contributed by atoms with van der Waals surface area (Å²) in [5.41, 5.74) is 4.57. The lowest BCUT2D eigenvalue weighted by Crippen LogP contribution is -2.62. The average Bonchev–Trinajstić information content (AvgIpc) is 3.23. The Kier molecular flexibility index (Phi) is 19.9. The highest BCUT2D eigenvalue weighted by Crippen LogP contribution is 2.37. The molecule has 1 fully saturated rings. The SMILES string of the molecule is C=CC=C[C@H](OC)[C@H](C)[C@@H](OC)[C@@H](C)C(=O)NC(Cc1ccc(OC)cc1)C(=O)NC(Cc1cccc(O[Si](C)(C)C(C)(C)C)c1)C(=O)N1CCCC(C(=O)OCCC=C)N1. The van der Waals surface area contributed by atoms with Gasteiger partial charge in [-0.3, -0.25) is 24.2 Å². The lowest BCUT2D eigenvalue weighted by atomic mass is 9.88. The third-order valence-electron chi connectivity index (χ3n) is 11.6. The molecule has 1 aliphatic rings. The zero-order chi connectivity index (χ0) is 45.3. The van der Waals surface area contributed by atoms with Crippen molar-refractivity contribution in [3.05, 3.63) is 97.1 Å². The van der Waals surface area contributed by atoms with Crippen molar-refractivity contribution in [3.63, 3.8) is 0 Å². The second-order valence-electron chi connectivity index (χ2n) is 17.1. The number of nitrogens with one attached hydrogen (secondary N) is 3. The smallest absolute Gasteiger partial charge is 0.324 e. The van der Waals surface area contributed by atoms with E-state index >= 15 is 0 Å². The van der Waals surface area contributed by atoms with Crippen LogP contribution in [0.2, 0.25) is 18.1 Å². The number of ether oxygens (including phenoxy) is 4. The summed E-state index contributed by atoms with van der Waals surface area (Å²) in [6.07, 6.45) is 7.73. The molecule has 3 amide bonds. The molecule has 3 N–H and O–H groups in total. The molecule has 3 unspecified atom stereocenters. The number of esters is 1. The van der Waals surface area contributed by atoms with Gasteiger partial charge in [0.25, 0.3) is 5.91 Å². The molecule has 1 saturated heterocycles. The zero-order valence-corrected chi connectivity index (χ0v) is 39.0. The van der Waals surface area contributed by atoms with E-state index in [1.54, 1.807) is 58.6 Å². The van der Waals surface area contributed by atoms with Crippen molar-refractivity contribution in [2.24, 2.45) is 11.8 Å². The van der Waals surface area contributed by atoms with Gasteiger partial charge in [-0.2, -0.15) is 0 Å². The third kappa shape index (κ3) is 15.0. The topological polar surface area (TPSA) is 154 Å². The number of hydrogen-bond donors (Lipinski definition) is 3. The Morgan fingerprint density at radius 1 is 0.918 bits per heavy atom. The number of hydrazine groups is 1. The van der Waals surface area contributed by atoms with Gasteiger partial charge < -0.3 is 34.0 Å². The van der Waals surface area contributed by atoms with E-state index in [1.807, 2.05) is 49.4 Å². The molecule has 0 aliphatic carbocycles. The summed E-state index contributed by atoms with van der Waals surface area (Å²) in [6.45, 7) is 22.4. The lowest BCUT2D eigenvalue weighted by Gasteiger charge is -2.36. The molecule has 14 heteroatoms. The summed E-state index contributed by atoms with van der Waals surface area (Å²) in [7, 11) is 2.49. The van der Waals surface area contributed by atoms with E-state index in [9.17, 15) is 19.2 Å². The number of allylic oxidation sites excluding steroid dienone is 2. The van der Waals surface area contributed by atoms with Crippen LogP contribution in [0.1, 0.15) is 65.0 Å². The van der Waals surface area contributed by atoms with Crippen LogP contribution in [-0.4, -0.2) is 102 Å². The number of benzene rings is 2. The minimum atomic E-state index is -2.21. The van der Waals surface area contributed by atoms with Gasteiger partial charge in [-0.15, -0.1) is 6.58 Å². The molecule has 0 radical (unpaired) electrons. The van der Waals surface area contributed by atoms with Crippen LogP contribution in [0, 0.1) is 11.8 Å². The average molecular weight is 863 g/mol. The lowest BCUT2D eigenvalue weighted by molar-refractivity contribution is -0.153. The summed E-state index contributed by atoms with van der Waals surface area (Å²) in [6, 6.07) is 11.8. The molecule has 0 saturated carbocycles. The standard InChI is InChI=1S/C47H70N4O9Si/c1-13-15-22-41(57-9)32(3)42(58-10)33(4)43(52)48-39(30-34-23-25-36(56-8)26-24-34)44(53)49-40(31-35-19-17-20-37(29-35)60-61(11,12)47(5,6)7)45(54)51-27-18-21-38(50-51)46(55)59-28-16-14-2/h13-15,17,19-20,22-26,29,32-33,38-42,50H,1-2,16,18,21,27-28,30-31H2,3-12H3,(H,48,52)(H,49,53)/t32-,33+,38?,39?,40?,41-,42+/m0/s1. The Labute approximate surface area is 364 Å². The molecular formula is C47H70N4O9Si. The van der Waals surface area contributed by atoms with Crippen LogP contribution in [0.4, 0.5) is 0 Å². The first-order chi connectivity index (χ1) is 28.9. The van der Waals surface area contributed by atoms with Gasteiger partial charge in [-0.25, -0.2) is 5.43 Å². The minimum absolute atomic E-state index is 0.0467. The summed E-state index contributed by atoms with van der Waals surface area (Å²) >= 11 is 0. The number of amides is 3. The molecule has 61 heavy (non-hydrogen) atoms. The first-order valence-electron chi connectivity index (χ1n) is 21.1. The maximum absolute atomic E-state index is 14.6. The van der Waals surface area contributed by atoms with Gasteiger partial charge >= 0.3 is 5.97 Å². The molecule has 3 rings (SSSR count). The Balaban J connectivity index is 2.00. The van der Waals surface area contributed by atoms with Crippen LogP contribution in [0.15, 0.2) is 86.0 Å². The van der Waals surface area contributed by atoms with Gasteiger partial charge in [0.1, 0.15) is 29.6 Å². The Bertz CT molecular complexity index is 1790. The second kappa shape index (κ2) is 24.0. The van der Waals surface area contributed by atoms with Crippen molar-refractivity contribution in [3.8, 4) is 11.5 Å². The van der Waals surface area contributed by atoms with E-state index in [0.29, 0.717) is 37.3 Å². The van der Waals surface area contributed by atoms with E-state index in [2.05, 4.69) is 63.1 Å². The molecule has 0 aromatic heterocycles. The molecular weight excluding hydrogens is 793 g/mol. The summed E-state index contributed by atoms with van der Waals surface area (Å²) < 4.78 is 28.9. The summed E-state index contributed by atoms with van der Waals surface area (Å²) in [4.78, 5) is 56.3. The number of hydrogen-bond acceptors (Lipinski definition) is 10. The van der Waals surface area contributed by atoms with Crippen LogP contribution in [0.5, 0.6) is 11.5 Å². The predicted octanol–water partition coefficient (Wildman–Crippen LogP) is 6.49. The molecule has 1 heterocycles. The van der Waals surface area contributed by atoms with Gasteiger partial charge in [0.05, 0.1) is 31.8 Å². The van der Waals surface area contributed by atoms with E-state index in [0.717, 1.165) is 11.1 Å². The van der Waals surface area contributed by atoms with E-state index in [4.69, 9.17) is 23.4 Å². The van der Waals surface area contributed by atoms with Crippen molar-refractivity contribution >= 4 is 32.0 Å². The fraction of sp³-hybridized carbons (Fsp3) is 0.532. The highest BCUT2D eigenvalue weighted by molar-refractivity contribution is 6.74. The molecule has 2 aromatic carbocycles. The Morgan fingerprint density at radius 2 is 1.59 bits per heavy atom. The first-order valence-corrected chi connectivity index (χ1v) is 24.0. The van der Waals surface area contributed by atoms with Crippen LogP contribution in [0.3, 0.4) is 0 Å². The highest BCUT2D eigenvalue weighted by atomic mass is 28.4. The van der Waals surface area contributed by atoms with Gasteiger partial charge in [0.15, 0.2) is 0 Å². The number of nitrogens with zero attached hydrogens (tertiary/aromatic N) is 1. The summed E-state index contributed by atoms with van der Waals surface area (Å²) in [5, 5.41) is 7.33. The summed E-state index contributed by atoms with van der Waals surface area (Å²) in [5.74, 6) is -1.53. The van der Waals surface area contributed by atoms with E-state index in [1.165, 1.54) is 5.01 Å². The quantitative estimate of drug-likeness (QED) is 0.0372. The van der Waals surface area contributed by atoms with Crippen LogP contribution in [-0.2, 0) is 46.2 Å². The zero-order valence-electron chi connectivity index (χ0n) is 38.0. The van der Waals surface area contributed by atoms with Gasteiger partial charge in [-0.05, 0) is 72.8 Å². The van der Waals surface area contributed by atoms with Crippen molar-refractivity contribution in [1.82, 2.24) is 21.1 Å². The molecule has 0 bridgehead atoms. The van der Waals surface area contributed by atoms with Crippen LogP contribution >= 0.6 is 0 Å². The van der Waals surface area contributed by atoms with Gasteiger partial charge in [0.2, 0.25) is 20.1 Å². The maximum atomic E-state index is 14.6. The second-order valence-corrected chi connectivity index (χ2v) is 21.8. The third-order valence-corrected chi connectivity index (χ3v) is 15.9. The van der Waals surface area contributed by atoms with Crippen LogP contribution in [0.25, 0.3) is 0 Å². The highest BCUT2D eigenvalue weighted by Gasteiger charge is 2.40. The number of carbonyl (C=O) groups excluding carboxylic acids is 4. The molecule has 336 valence electrons. The fourth-order valence-electron chi connectivity index (χ4n) is 6.92. The van der Waals surface area contributed by atoms with E-state index < -0.39 is 62.2 Å². The van der Waals surface area contributed by atoms with Gasteiger partial charge in [0, 0.05) is 39.5 Å². The number of carbonyl (C=O) groups is 4. The van der Waals surface area contributed by atoms with Crippen molar-refractivity contribution in [2.75, 3.05) is 34.5 Å². The Hall–Kier alpha value is -4.76. The monoisotopic (exact) mass is 862 g/mol. The maximum Gasteiger partial charge on any atom is 0.324 e. The minimum Gasteiger partial charge on any atom is -0.543 e. The predicted molar refractivity (Wildman–Crippen MR) is 241 cm³/mol. The molecule has 0 spiro atoms. The number of rotatable bonds is 23. The Morgan fingerprint density at radius 3 is 2.20 bits per heavy atom. The van der Waals surface area contributed by atoms with E-state index in [-0.39, 0.29) is 36.5 Å². The van der Waals surface area contributed by atoms with Crippen LogP contribution < -0.4 is 25.2 Å².